The van der Waals surface area contributed by atoms with Gasteiger partial charge in [0.15, 0.2) is 15.5 Å². The zero-order valence-corrected chi connectivity index (χ0v) is 11.8. The van der Waals surface area contributed by atoms with Crippen LogP contribution >= 0.6 is 0 Å². The summed E-state index contributed by atoms with van der Waals surface area (Å²) in [4.78, 5) is 10.1. The van der Waals surface area contributed by atoms with Crippen LogP contribution in [0.1, 0.15) is 10.5 Å². The molecule has 0 atom stereocenters. The van der Waals surface area contributed by atoms with E-state index in [1.807, 2.05) is 0 Å². The number of benzene rings is 1. The molecule has 0 spiro atoms. The smallest absolute Gasteiger partial charge is 0.356 e. The number of carboxylic acid groups (broad SMARTS) is 1. The number of hydrogen-bond donors (Lipinski definition) is 1. The van der Waals surface area contributed by atoms with Crippen LogP contribution < -0.4 is 0 Å². The van der Waals surface area contributed by atoms with E-state index in [0.29, 0.717) is 12.1 Å². The zero-order valence-electron chi connectivity index (χ0n) is 11.0. The van der Waals surface area contributed by atoms with Gasteiger partial charge in [-0.3, -0.25) is 4.68 Å². The zero-order chi connectivity index (χ0) is 15.9. The number of nitrogens with zero attached hydrogens (tertiary/aromatic N) is 2. The minimum Gasteiger partial charge on any atom is -0.476 e. The van der Waals surface area contributed by atoms with Gasteiger partial charge >= 0.3 is 5.97 Å². The molecule has 112 valence electrons. The molecule has 0 unspecified atom stereocenters. The van der Waals surface area contributed by atoms with E-state index in [1.165, 1.54) is 7.05 Å². The van der Waals surface area contributed by atoms with Crippen molar-refractivity contribution < 1.29 is 27.1 Å². The van der Waals surface area contributed by atoms with Gasteiger partial charge in [-0.25, -0.2) is 22.0 Å². The Morgan fingerprint density at radius 3 is 2.33 bits per heavy atom. The van der Waals surface area contributed by atoms with E-state index in [1.54, 1.807) is 0 Å². The van der Waals surface area contributed by atoms with Crippen molar-refractivity contribution in [3.8, 4) is 11.3 Å². The van der Waals surface area contributed by atoms with E-state index in [9.17, 15) is 22.0 Å². The van der Waals surface area contributed by atoms with Gasteiger partial charge in [-0.2, -0.15) is 5.10 Å². The summed E-state index contributed by atoms with van der Waals surface area (Å²) in [6.07, 6.45) is 0.761. The van der Waals surface area contributed by atoms with E-state index in [-0.39, 0.29) is 17.0 Å². The maximum atomic E-state index is 14.0. The fourth-order valence-electron chi connectivity index (χ4n) is 1.83. The summed E-state index contributed by atoms with van der Waals surface area (Å²) in [5.74, 6) is -3.42. The molecule has 0 fully saturated rings. The Bertz CT molecular complexity index is 843. The third-order valence-corrected chi connectivity index (χ3v) is 3.91. The highest BCUT2D eigenvalue weighted by Crippen LogP contribution is 2.27. The van der Waals surface area contributed by atoms with Crippen molar-refractivity contribution in [2.45, 2.75) is 4.90 Å². The molecule has 0 bridgehead atoms. The summed E-state index contributed by atoms with van der Waals surface area (Å²) >= 11 is 0. The third-order valence-electron chi connectivity index (χ3n) is 2.80. The number of carboxylic acids is 1. The Kier molecular flexibility index (Phi) is 3.54. The van der Waals surface area contributed by atoms with E-state index < -0.39 is 32.3 Å². The van der Waals surface area contributed by atoms with Gasteiger partial charge in [-0.05, 0) is 18.2 Å². The molecule has 0 aliphatic heterocycles. The van der Waals surface area contributed by atoms with Crippen molar-refractivity contribution in [3.63, 3.8) is 0 Å². The summed E-state index contributed by atoms with van der Waals surface area (Å²) in [6, 6.07) is 2.34. The SMILES string of the molecule is Cn1nc(C(=O)O)cc1-c1cc(F)c(S(C)(=O)=O)cc1F. The van der Waals surface area contributed by atoms with Crippen LogP contribution in [0.5, 0.6) is 0 Å². The first-order valence-corrected chi connectivity index (χ1v) is 7.47. The highest BCUT2D eigenvalue weighted by Gasteiger charge is 2.21. The number of halogens is 2. The molecule has 2 aromatic rings. The van der Waals surface area contributed by atoms with Gasteiger partial charge in [0.2, 0.25) is 0 Å². The van der Waals surface area contributed by atoms with Crippen LogP contribution in [0.15, 0.2) is 23.1 Å². The highest BCUT2D eigenvalue weighted by molar-refractivity contribution is 7.90. The van der Waals surface area contributed by atoms with Crippen molar-refractivity contribution >= 4 is 15.8 Å². The van der Waals surface area contributed by atoms with Gasteiger partial charge in [-0.15, -0.1) is 0 Å². The summed E-state index contributed by atoms with van der Waals surface area (Å²) < 4.78 is 51.5. The number of rotatable bonds is 3. The third kappa shape index (κ3) is 2.77. The van der Waals surface area contributed by atoms with E-state index in [0.717, 1.165) is 17.0 Å². The first kappa shape index (κ1) is 15.1. The Morgan fingerprint density at radius 1 is 1.24 bits per heavy atom. The molecule has 1 aromatic carbocycles. The second-order valence-electron chi connectivity index (χ2n) is 4.38. The average molecular weight is 316 g/mol. The Hall–Kier alpha value is -2.29. The molecule has 0 saturated heterocycles. The molecule has 1 heterocycles. The van der Waals surface area contributed by atoms with Crippen molar-refractivity contribution in [2.75, 3.05) is 6.26 Å². The van der Waals surface area contributed by atoms with Crippen LogP contribution in [0, 0.1) is 11.6 Å². The fourth-order valence-corrected chi connectivity index (χ4v) is 2.56. The monoisotopic (exact) mass is 316 g/mol. The molecular formula is C12H10F2N2O4S. The van der Waals surface area contributed by atoms with Gasteiger partial charge in [0.25, 0.3) is 0 Å². The minimum absolute atomic E-state index is 0.0175. The van der Waals surface area contributed by atoms with Gasteiger partial charge in [-0.1, -0.05) is 0 Å². The molecule has 0 aliphatic rings. The predicted octanol–water partition coefficient (Wildman–Crippen LogP) is 1.47. The fraction of sp³-hybridized carbons (Fsp3) is 0.167. The number of aromatic carboxylic acids is 1. The molecule has 21 heavy (non-hydrogen) atoms. The van der Waals surface area contributed by atoms with E-state index >= 15 is 0 Å². The summed E-state index contributed by atoms with van der Waals surface area (Å²) in [5, 5.41) is 12.5. The topological polar surface area (TPSA) is 89.3 Å². The molecule has 1 N–H and O–H groups in total. The van der Waals surface area contributed by atoms with Crippen LogP contribution in [0.25, 0.3) is 11.3 Å². The van der Waals surface area contributed by atoms with Gasteiger partial charge < -0.3 is 5.11 Å². The number of sulfone groups is 1. The van der Waals surface area contributed by atoms with Crippen LogP contribution in [0.2, 0.25) is 0 Å². The molecule has 0 saturated carbocycles. The number of carbonyl (C=O) groups is 1. The Labute approximate surface area is 118 Å². The lowest BCUT2D eigenvalue weighted by Crippen LogP contribution is -2.04. The predicted molar refractivity (Wildman–Crippen MR) is 68.6 cm³/mol. The highest BCUT2D eigenvalue weighted by atomic mass is 32.2. The summed E-state index contributed by atoms with van der Waals surface area (Å²) in [7, 11) is -2.54. The second-order valence-corrected chi connectivity index (χ2v) is 6.36. The standard InChI is InChI=1S/C12H10F2N2O4S/c1-16-10(5-9(15-16)12(17)18)6-3-8(14)11(4-7(6)13)21(2,19)20/h3-5H,1-2H3,(H,17,18). The van der Waals surface area contributed by atoms with Crippen LogP contribution in [0.3, 0.4) is 0 Å². The number of hydrogen-bond acceptors (Lipinski definition) is 4. The van der Waals surface area contributed by atoms with E-state index in [4.69, 9.17) is 5.11 Å². The molecule has 0 amide bonds. The van der Waals surface area contributed by atoms with Crippen molar-refractivity contribution in [3.05, 3.63) is 35.5 Å². The second kappa shape index (κ2) is 4.92. The maximum Gasteiger partial charge on any atom is 0.356 e. The molecule has 2 rings (SSSR count). The van der Waals surface area contributed by atoms with Gasteiger partial charge in [0, 0.05) is 18.9 Å². The van der Waals surface area contributed by atoms with Crippen molar-refractivity contribution in [1.82, 2.24) is 9.78 Å². The van der Waals surface area contributed by atoms with E-state index in [2.05, 4.69) is 5.10 Å². The number of aromatic nitrogens is 2. The van der Waals surface area contributed by atoms with Crippen LogP contribution in [-0.4, -0.2) is 35.5 Å². The Balaban J connectivity index is 2.66. The Morgan fingerprint density at radius 2 is 1.86 bits per heavy atom. The molecule has 9 heteroatoms. The van der Waals surface area contributed by atoms with Gasteiger partial charge in [0.05, 0.1) is 5.69 Å². The lowest BCUT2D eigenvalue weighted by molar-refractivity contribution is 0.0689. The van der Waals surface area contributed by atoms with Gasteiger partial charge in [0.1, 0.15) is 16.5 Å². The van der Waals surface area contributed by atoms with Crippen LogP contribution in [-0.2, 0) is 16.9 Å². The summed E-state index contributed by atoms with van der Waals surface area (Å²) in [6.45, 7) is 0. The quantitative estimate of drug-likeness (QED) is 0.926. The normalized spacial score (nSPS) is 11.6. The molecule has 1 aromatic heterocycles. The average Bonchev–Trinajstić information content (AvgIpc) is 2.72. The van der Waals surface area contributed by atoms with Crippen molar-refractivity contribution in [2.24, 2.45) is 7.05 Å². The van der Waals surface area contributed by atoms with Crippen LogP contribution in [0.4, 0.5) is 8.78 Å². The molecule has 0 aliphatic carbocycles. The lowest BCUT2D eigenvalue weighted by atomic mass is 10.1. The molecular weight excluding hydrogens is 306 g/mol. The van der Waals surface area contributed by atoms with Crippen molar-refractivity contribution in [1.29, 1.82) is 0 Å². The largest absolute Gasteiger partial charge is 0.476 e. The minimum atomic E-state index is -3.90. The molecule has 6 nitrogen and oxygen atoms in total. The molecule has 0 radical (unpaired) electrons. The summed E-state index contributed by atoms with van der Waals surface area (Å²) in [5.41, 5.74) is -0.592. The first-order valence-electron chi connectivity index (χ1n) is 5.58. The first-order chi connectivity index (χ1) is 9.61. The number of aryl methyl sites for hydroxylation is 1. The maximum absolute atomic E-state index is 14.0. The lowest BCUT2D eigenvalue weighted by Gasteiger charge is -2.07.